The third kappa shape index (κ3) is 2.57. The number of anilines is 1. The van der Waals surface area contributed by atoms with Crippen molar-refractivity contribution in [3.05, 3.63) is 24.2 Å². The molecule has 0 aromatic carbocycles. The van der Waals surface area contributed by atoms with Crippen LogP contribution >= 0.6 is 0 Å². The summed E-state index contributed by atoms with van der Waals surface area (Å²) in [7, 11) is 0. The highest BCUT2D eigenvalue weighted by atomic mass is 15.2. The van der Waals surface area contributed by atoms with Gasteiger partial charge in [0, 0.05) is 18.9 Å². The van der Waals surface area contributed by atoms with E-state index in [0.717, 1.165) is 35.4 Å². The van der Waals surface area contributed by atoms with Crippen molar-refractivity contribution in [2.75, 3.05) is 11.9 Å². The van der Waals surface area contributed by atoms with Crippen LogP contribution in [0, 0.1) is 18.8 Å². The molecule has 2 aromatic heterocycles. The van der Waals surface area contributed by atoms with Gasteiger partial charge in [-0.15, -0.1) is 0 Å². The zero-order valence-corrected chi connectivity index (χ0v) is 11.8. The summed E-state index contributed by atoms with van der Waals surface area (Å²) in [5.74, 6) is 2.56. The topological polar surface area (TPSA) is 42.2 Å². The fourth-order valence-electron chi connectivity index (χ4n) is 3.10. The van der Waals surface area contributed by atoms with Crippen molar-refractivity contribution in [2.45, 2.75) is 39.5 Å². The van der Waals surface area contributed by atoms with Crippen molar-refractivity contribution >= 4 is 11.3 Å². The lowest BCUT2D eigenvalue weighted by atomic mass is 9.80. The van der Waals surface area contributed by atoms with Gasteiger partial charge in [0.05, 0.1) is 5.69 Å². The second-order valence-corrected chi connectivity index (χ2v) is 5.79. The molecule has 0 aliphatic heterocycles. The Morgan fingerprint density at radius 1 is 1.37 bits per heavy atom. The van der Waals surface area contributed by atoms with Crippen LogP contribution in [0.2, 0.25) is 0 Å². The minimum Gasteiger partial charge on any atom is -0.368 e. The average Bonchev–Trinajstić information content (AvgIpc) is 2.78. The molecule has 3 rings (SSSR count). The normalized spacial score (nSPS) is 23.7. The molecular weight excluding hydrogens is 236 g/mol. The highest BCUT2D eigenvalue weighted by molar-refractivity contribution is 5.67. The average molecular weight is 258 g/mol. The Kier molecular flexibility index (Phi) is 3.40. The van der Waals surface area contributed by atoms with Gasteiger partial charge < -0.3 is 5.32 Å². The Morgan fingerprint density at radius 3 is 3.05 bits per heavy atom. The molecule has 2 heterocycles. The molecule has 0 saturated heterocycles. The number of nitrogens with one attached hydrogen (secondary N) is 1. The lowest BCUT2D eigenvalue weighted by molar-refractivity contribution is 0.268. The Balaban J connectivity index is 1.74. The van der Waals surface area contributed by atoms with E-state index < -0.39 is 0 Å². The Labute approximate surface area is 114 Å². The summed E-state index contributed by atoms with van der Waals surface area (Å²) in [4.78, 5) is 4.46. The highest BCUT2D eigenvalue weighted by Gasteiger charge is 2.21. The maximum absolute atomic E-state index is 4.46. The van der Waals surface area contributed by atoms with E-state index in [1.807, 2.05) is 23.8 Å². The van der Waals surface area contributed by atoms with Crippen LogP contribution < -0.4 is 5.32 Å². The smallest absolute Gasteiger partial charge is 0.152 e. The summed E-state index contributed by atoms with van der Waals surface area (Å²) >= 11 is 0. The third-order valence-electron chi connectivity index (χ3n) is 4.33. The van der Waals surface area contributed by atoms with Crippen LogP contribution in [-0.4, -0.2) is 21.1 Å². The van der Waals surface area contributed by atoms with E-state index in [-0.39, 0.29) is 0 Å². The predicted molar refractivity (Wildman–Crippen MR) is 77.3 cm³/mol. The van der Waals surface area contributed by atoms with Gasteiger partial charge in [0.2, 0.25) is 0 Å². The molecule has 2 atom stereocenters. The lowest BCUT2D eigenvalue weighted by Gasteiger charge is -2.29. The lowest BCUT2D eigenvalue weighted by Crippen LogP contribution is -2.24. The summed E-state index contributed by atoms with van der Waals surface area (Å²) in [6.07, 6.45) is 9.20. The van der Waals surface area contributed by atoms with E-state index in [9.17, 15) is 0 Å². The molecule has 0 radical (unpaired) electrons. The number of fused-ring (bicyclic) bond motifs is 1. The van der Waals surface area contributed by atoms with Gasteiger partial charge in [-0.25, -0.2) is 9.50 Å². The first-order valence-electron chi connectivity index (χ1n) is 7.29. The van der Waals surface area contributed by atoms with Crippen LogP contribution in [0.25, 0.3) is 5.52 Å². The molecule has 1 N–H and O–H groups in total. The van der Waals surface area contributed by atoms with E-state index >= 15 is 0 Å². The number of aryl methyl sites for hydroxylation is 1. The molecule has 1 fully saturated rings. The Bertz CT molecular complexity index is 560. The third-order valence-corrected chi connectivity index (χ3v) is 4.33. The Morgan fingerprint density at radius 2 is 2.21 bits per heavy atom. The summed E-state index contributed by atoms with van der Waals surface area (Å²) < 4.78 is 1.90. The van der Waals surface area contributed by atoms with E-state index in [2.05, 4.69) is 28.4 Å². The predicted octanol–water partition coefficient (Wildman–Crippen LogP) is 3.28. The van der Waals surface area contributed by atoms with E-state index in [0.29, 0.717) is 0 Å². The molecule has 19 heavy (non-hydrogen) atoms. The van der Waals surface area contributed by atoms with Crippen LogP contribution in [-0.2, 0) is 0 Å². The SMILES string of the molecule is Cc1cc2c(NCC3CCCCC3C)nccn2n1. The van der Waals surface area contributed by atoms with Gasteiger partial charge in [-0.05, 0) is 31.2 Å². The maximum atomic E-state index is 4.46. The molecule has 2 aromatic rings. The zero-order valence-electron chi connectivity index (χ0n) is 11.8. The standard InChI is InChI=1S/C15H22N4/c1-11-5-3-4-6-13(11)10-17-15-14-9-12(2)18-19(14)8-7-16-15/h7-9,11,13H,3-6,10H2,1-2H3,(H,16,17). The van der Waals surface area contributed by atoms with Crippen molar-refractivity contribution < 1.29 is 0 Å². The number of rotatable bonds is 3. The molecule has 0 amide bonds. The number of nitrogens with zero attached hydrogens (tertiary/aromatic N) is 3. The molecule has 4 heteroatoms. The first-order valence-corrected chi connectivity index (χ1v) is 7.29. The van der Waals surface area contributed by atoms with E-state index in [4.69, 9.17) is 0 Å². The highest BCUT2D eigenvalue weighted by Crippen LogP contribution is 2.29. The van der Waals surface area contributed by atoms with Gasteiger partial charge in [0.1, 0.15) is 5.52 Å². The van der Waals surface area contributed by atoms with Gasteiger partial charge in [0.25, 0.3) is 0 Å². The molecule has 1 aliphatic rings. The van der Waals surface area contributed by atoms with Crippen molar-refractivity contribution in [3.8, 4) is 0 Å². The summed E-state index contributed by atoms with van der Waals surface area (Å²) in [5, 5.41) is 7.95. The largest absolute Gasteiger partial charge is 0.368 e. The molecule has 0 bridgehead atoms. The van der Waals surface area contributed by atoms with Gasteiger partial charge in [0.15, 0.2) is 5.82 Å². The van der Waals surface area contributed by atoms with Crippen molar-refractivity contribution in [2.24, 2.45) is 11.8 Å². The van der Waals surface area contributed by atoms with Crippen molar-refractivity contribution in [1.82, 2.24) is 14.6 Å². The maximum Gasteiger partial charge on any atom is 0.152 e. The van der Waals surface area contributed by atoms with Crippen LogP contribution in [0.15, 0.2) is 18.5 Å². The minimum absolute atomic E-state index is 0.778. The molecule has 1 aliphatic carbocycles. The molecule has 1 saturated carbocycles. The minimum atomic E-state index is 0.778. The first-order chi connectivity index (χ1) is 9.24. The second kappa shape index (κ2) is 5.19. The van der Waals surface area contributed by atoms with E-state index in [1.54, 1.807) is 0 Å². The first kappa shape index (κ1) is 12.5. The Hall–Kier alpha value is -1.58. The number of hydrogen-bond acceptors (Lipinski definition) is 3. The fraction of sp³-hybridized carbons (Fsp3) is 0.600. The van der Waals surface area contributed by atoms with Crippen LogP contribution in [0.4, 0.5) is 5.82 Å². The molecule has 0 spiro atoms. The summed E-state index contributed by atoms with van der Waals surface area (Å²) in [6, 6.07) is 2.08. The number of aromatic nitrogens is 3. The van der Waals surface area contributed by atoms with Gasteiger partial charge >= 0.3 is 0 Å². The summed E-state index contributed by atoms with van der Waals surface area (Å²) in [6.45, 7) is 5.42. The van der Waals surface area contributed by atoms with Crippen LogP contribution in [0.5, 0.6) is 0 Å². The monoisotopic (exact) mass is 258 g/mol. The van der Waals surface area contributed by atoms with Crippen molar-refractivity contribution in [3.63, 3.8) is 0 Å². The fourth-order valence-corrected chi connectivity index (χ4v) is 3.10. The van der Waals surface area contributed by atoms with Gasteiger partial charge in [-0.3, -0.25) is 0 Å². The van der Waals surface area contributed by atoms with Crippen molar-refractivity contribution in [1.29, 1.82) is 0 Å². The summed E-state index contributed by atoms with van der Waals surface area (Å²) in [5.41, 5.74) is 2.10. The molecular formula is C15H22N4. The van der Waals surface area contributed by atoms with Crippen LogP contribution in [0.3, 0.4) is 0 Å². The van der Waals surface area contributed by atoms with Gasteiger partial charge in [-0.2, -0.15) is 5.10 Å². The number of hydrogen-bond donors (Lipinski definition) is 1. The quantitative estimate of drug-likeness (QED) is 0.918. The van der Waals surface area contributed by atoms with Gasteiger partial charge in [-0.1, -0.05) is 26.2 Å². The molecule has 4 nitrogen and oxygen atoms in total. The second-order valence-electron chi connectivity index (χ2n) is 5.79. The molecule has 2 unspecified atom stereocenters. The zero-order chi connectivity index (χ0) is 13.2. The van der Waals surface area contributed by atoms with E-state index in [1.165, 1.54) is 25.7 Å². The van der Waals surface area contributed by atoms with Crippen LogP contribution in [0.1, 0.15) is 38.3 Å². The molecule has 102 valence electrons.